The van der Waals surface area contributed by atoms with Crippen molar-refractivity contribution in [2.24, 2.45) is 5.41 Å². The van der Waals surface area contributed by atoms with E-state index >= 15 is 0 Å². The summed E-state index contributed by atoms with van der Waals surface area (Å²) in [6, 6.07) is 0.214. The van der Waals surface area contributed by atoms with E-state index in [0.29, 0.717) is 24.6 Å². The van der Waals surface area contributed by atoms with Gasteiger partial charge in [0.1, 0.15) is 6.61 Å². The Morgan fingerprint density at radius 3 is 2.60 bits per heavy atom. The van der Waals surface area contributed by atoms with Gasteiger partial charge in [-0.2, -0.15) is 4.98 Å². The molecule has 20 heavy (non-hydrogen) atoms. The van der Waals surface area contributed by atoms with Crippen molar-refractivity contribution < 1.29 is 18.0 Å². The van der Waals surface area contributed by atoms with Crippen LogP contribution in [0.15, 0.2) is 4.52 Å². The van der Waals surface area contributed by atoms with Gasteiger partial charge in [0.05, 0.1) is 6.61 Å². The van der Waals surface area contributed by atoms with Gasteiger partial charge in [-0.05, 0) is 12.5 Å². The van der Waals surface area contributed by atoms with E-state index in [4.69, 9.17) is 9.26 Å². The van der Waals surface area contributed by atoms with Crippen LogP contribution in [0, 0.1) is 5.41 Å². The molecule has 1 unspecified atom stereocenters. The normalized spacial score (nSPS) is 13.9. The highest BCUT2D eigenvalue weighted by atomic mass is 19.3. The first-order valence-electron chi connectivity index (χ1n) is 6.67. The number of aromatic nitrogens is 2. The Balaban J connectivity index is 2.43. The van der Waals surface area contributed by atoms with E-state index in [-0.39, 0.29) is 18.1 Å². The molecule has 1 N–H and O–H groups in total. The van der Waals surface area contributed by atoms with Crippen LogP contribution >= 0.6 is 0 Å². The summed E-state index contributed by atoms with van der Waals surface area (Å²) in [5.74, 6) is 1.03. The van der Waals surface area contributed by atoms with Gasteiger partial charge in [-0.1, -0.05) is 25.9 Å². The number of likely N-dealkylation sites (N-methyl/N-ethyl adjacent to an activating group) is 1. The Hall–Kier alpha value is -1.08. The summed E-state index contributed by atoms with van der Waals surface area (Å²) < 4.78 is 33.7. The average molecular weight is 291 g/mol. The number of rotatable bonds is 8. The zero-order valence-corrected chi connectivity index (χ0v) is 12.4. The minimum Gasteiger partial charge on any atom is -0.375 e. The average Bonchev–Trinajstić information content (AvgIpc) is 2.77. The minimum atomic E-state index is -2.45. The molecular formula is C13H23F2N3O2. The van der Waals surface area contributed by atoms with Crippen LogP contribution in [0.3, 0.4) is 0 Å². The maximum atomic E-state index is 11.9. The van der Waals surface area contributed by atoms with E-state index in [1.807, 2.05) is 7.05 Å². The molecule has 1 atom stereocenters. The van der Waals surface area contributed by atoms with Crippen LogP contribution in [0.1, 0.15) is 32.5 Å². The molecule has 1 heterocycles. The van der Waals surface area contributed by atoms with E-state index < -0.39 is 13.0 Å². The van der Waals surface area contributed by atoms with Crippen LogP contribution in [0.2, 0.25) is 0 Å². The largest absolute Gasteiger partial charge is 0.375 e. The van der Waals surface area contributed by atoms with Crippen LogP contribution in [0.25, 0.3) is 0 Å². The Morgan fingerprint density at radius 1 is 1.35 bits per heavy atom. The molecule has 0 amide bonds. The summed E-state index contributed by atoms with van der Waals surface area (Å²) in [7, 11) is 1.89. The number of hydrogen-bond acceptors (Lipinski definition) is 5. The fraction of sp³-hybridized carbons (Fsp3) is 0.846. The highest BCUT2D eigenvalue weighted by molar-refractivity contribution is 4.93. The molecule has 0 aromatic carbocycles. The van der Waals surface area contributed by atoms with Crippen molar-refractivity contribution in [3.05, 3.63) is 11.7 Å². The lowest BCUT2D eigenvalue weighted by molar-refractivity contribution is 0.0182. The van der Waals surface area contributed by atoms with Gasteiger partial charge in [0, 0.05) is 18.9 Å². The minimum absolute atomic E-state index is 0.0732. The molecule has 0 aliphatic heterocycles. The Labute approximate surface area is 118 Å². The van der Waals surface area contributed by atoms with E-state index in [1.54, 1.807) is 0 Å². The number of ether oxygens (including phenoxy) is 1. The molecule has 0 bridgehead atoms. The number of halogens is 2. The van der Waals surface area contributed by atoms with Crippen molar-refractivity contribution in [1.29, 1.82) is 0 Å². The van der Waals surface area contributed by atoms with Gasteiger partial charge in [-0.3, -0.25) is 0 Å². The standard InChI is InChI=1S/C13H23F2N3O2/c1-13(2,3)9(16-4)7-12-17-11(18-20-12)5-6-19-8-10(14)15/h9-10,16H,5-8H2,1-4H3. The topological polar surface area (TPSA) is 60.2 Å². The Bertz CT molecular complexity index is 391. The predicted molar refractivity (Wildman–Crippen MR) is 70.8 cm³/mol. The van der Waals surface area contributed by atoms with Crippen LogP contribution in [0.4, 0.5) is 8.78 Å². The third kappa shape index (κ3) is 5.92. The lowest BCUT2D eigenvalue weighted by atomic mass is 9.85. The third-order valence-corrected chi connectivity index (χ3v) is 3.00. The molecule has 1 aromatic heterocycles. The SMILES string of the molecule is CNC(Cc1nc(CCOCC(F)F)no1)C(C)(C)C. The second kappa shape index (κ2) is 7.64. The summed E-state index contributed by atoms with van der Waals surface area (Å²) in [6.07, 6.45) is -1.44. The van der Waals surface area contributed by atoms with Crippen molar-refractivity contribution in [1.82, 2.24) is 15.5 Å². The molecule has 1 rings (SSSR count). The van der Waals surface area contributed by atoms with Crippen LogP contribution in [0.5, 0.6) is 0 Å². The predicted octanol–water partition coefficient (Wildman–Crippen LogP) is 2.07. The third-order valence-electron chi connectivity index (χ3n) is 3.00. The van der Waals surface area contributed by atoms with Crippen LogP contribution < -0.4 is 5.32 Å². The van der Waals surface area contributed by atoms with Crippen LogP contribution in [-0.4, -0.2) is 42.9 Å². The van der Waals surface area contributed by atoms with E-state index in [0.717, 1.165) is 0 Å². The highest BCUT2D eigenvalue weighted by Crippen LogP contribution is 2.21. The second-order valence-corrected chi connectivity index (χ2v) is 5.73. The summed E-state index contributed by atoms with van der Waals surface area (Å²) in [5, 5.41) is 7.05. The molecule has 0 saturated heterocycles. The zero-order valence-electron chi connectivity index (χ0n) is 12.4. The Kier molecular flexibility index (Phi) is 6.48. The van der Waals surface area contributed by atoms with Gasteiger partial charge in [-0.25, -0.2) is 8.78 Å². The maximum Gasteiger partial charge on any atom is 0.261 e. The number of nitrogens with zero attached hydrogens (tertiary/aromatic N) is 2. The van der Waals surface area contributed by atoms with Crippen molar-refractivity contribution in [2.45, 2.75) is 46.1 Å². The fourth-order valence-corrected chi connectivity index (χ4v) is 1.83. The monoisotopic (exact) mass is 291 g/mol. The molecule has 0 aliphatic rings. The smallest absolute Gasteiger partial charge is 0.261 e. The summed E-state index contributed by atoms with van der Waals surface area (Å²) >= 11 is 0. The molecule has 0 fully saturated rings. The van der Waals surface area contributed by atoms with Gasteiger partial charge >= 0.3 is 0 Å². The zero-order chi connectivity index (χ0) is 15.2. The van der Waals surface area contributed by atoms with E-state index in [9.17, 15) is 8.78 Å². The van der Waals surface area contributed by atoms with Gasteiger partial charge in [0.15, 0.2) is 5.82 Å². The van der Waals surface area contributed by atoms with Gasteiger partial charge in [0.2, 0.25) is 5.89 Å². The number of hydrogen-bond donors (Lipinski definition) is 1. The van der Waals surface area contributed by atoms with Crippen LogP contribution in [-0.2, 0) is 17.6 Å². The first-order valence-corrected chi connectivity index (χ1v) is 6.67. The fourth-order valence-electron chi connectivity index (χ4n) is 1.83. The molecule has 0 aliphatic carbocycles. The lowest BCUT2D eigenvalue weighted by Gasteiger charge is -2.29. The van der Waals surface area contributed by atoms with Crippen molar-refractivity contribution >= 4 is 0 Å². The van der Waals surface area contributed by atoms with Crippen molar-refractivity contribution in [2.75, 3.05) is 20.3 Å². The van der Waals surface area contributed by atoms with Crippen molar-refractivity contribution in [3.8, 4) is 0 Å². The molecule has 0 saturated carbocycles. The summed E-state index contributed by atoms with van der Waals surface area (Å²) in [4.78, 5) is 4.24. The first kappa shape index (κ1) is 17.0. The van der Waals surface area contributed by atoms with Crippen molar-refractivity contribution in [3.63, 3.8) is 0 Å². The summed E-state index contributed by atoms with van der Waals surface area (Å²) in [6.45, 7) is 5.99. The second-order valence-electron chi connectivity index (χ2n) is 5.73. The molecule has 5 nitrogen and oxygen atoms in total. The molecule has 0 radical (unpaired) electrons. The van der Waals surface area contributed by atoms with Gasteiger partial charge in [-0.15, -0.1) is 0 Å². The maximum absolute atomic E-state index is 11.9. The summed E-state index contributed by atoms with van der Waals surface area (Å²) in [5.41, 5.74) is 0.0732. The molecule has 116 valence electrons. The van der Waals surface area contributed by atoms with E-state index in [2.05, 4.69) is 36.2 Å². The quantitative estimate of drug-likeness (QED) is 0.743. The van der Waals surface area contributed by atoms with Gasteiger partial charge < -0.3 is 14.6 Å². The molecule has 7 heteroatoms. The number of nitrogens with one attached hydrogen (secondary N) is 1. The first-order chi connectivity index (χ1) is 9.32. The molecular weight excluding hydrogens is 268 g/mol. The number of alkyl halides is 2. The Morgan fingerprint density at radius 2 is 2.05 bits per heavy atom. The van der Waals surface area contributed by atoms with E-state index in [1.165, 1.54) is 0 Å². The lowest BCUT2D eigenvalue weighted by Crippen LogP contribution is -2.39. The highest BCUT2D eigenvalue weighted by Gasteiger charge is 2.25. The van der Waals surface area contributed by atoms with Gasteiger partial charge in [0.25, 0.3) is 6.43 Å². The molecule has 0 spiro atoms. The molecule has 1 aromatic rings.